The summed E-state index contributed by atoms with van der Waals surface area (Å²) in [6, 6.07) is 6.33. The third kappa shape index (κ3) is 19.7. The number of amides is 4. The molecular weight excluding hydrogens is 524 g/mol. The average molecular weight is 567 g/mol. The van der Waals surface area contributed by atoms with Crippen molar-refractivity contribution in [2.45, 2.75) is 45.2 Å². The summed E-state index contributed by atoms with van der Waals surface area (Å²) >= 11 is 4.00. The van der Waals surface area contributed by atoms with E-state index < -0.39 is 11.9 Å². The zero-order valence-corrected chi connectivity index (χ0v) is 23.2. The van der Waals surface area contributed by atoms with Crippen molar-refractivity contribution in [2.24, 2.45) is 32.9 Å². The SMILES string of the molecule is CCCN=C(N)N.NC(N)=NCCCC(NC(=O)Cc1ccc(CNC=O)cc1)C(=O)NCC(=O)NCCS. The number of benzene rings is 1. The minimum absolute atomic E-state index is 0.0531. The fraction of sp³-hybridized carbons (Fsp3) is 0.500. The molecule has 0 saturated heterocycles. The summed E-state index contributed by atoms with van der Waals surface area (Å²) in [5.74, 6) is -0.547. The van der Waals surface area contributed by atoms with E-state index in [2.05, 4.69) is 43.9 Å². The molecule has 218 valence electrons. The molecule has 1 rings (SSSR count). The van der Waals surface area contributed by atoms with Crippen LogP contribution in [-0.2, 0) is 32.1 Å². The number of hydrogen-bond acceptors (Lipinski definition) is 7. The van der Waals surface area contributed by atoms with Crippen molar-refractivity contribution in [3.05, 3.63) is 35.4 Å². The Balaban J connectivity index is 0.00000181. The van der Waals surface area contributed by atoms with Crippen molar-refractivity contribution >= 4 is 48.7 Å². The van der Waals surface area contributed by atoms with Gasteiger partial charge >= 0.3 is 0 Å². The molecule has 14 nitrogen and oxygen atoms in total. The summed E-state index contributed by atoms with van der Waals surface area (Å²) < 4.78 is 0. The van der Waals surface area contributed by atoms with Gasteiger partial charge in [-0.2, -0.15) is 12.6 Å². The molecule has 12 N–H and O–H groups in total. The smallest absolute Gasteiger partial charge is 0.243 e. The van der Waals surface area contributed by atoms with Gasteiger partial charge in [0, 0.05) is 31.9 Å². The maximum atomic E-state index is 12.5. The van der Waals surface area contributed by atoms with Gasteiger partial charge in [-0.3, -0.25) is 29.2 Å². The number of hydrogen-bond donors (Lipinski definition) is 9. The highest BCUT2D eigenvalue weighted by molar-refractivity contribution is 7.80. The summed E-state index contributed by atoms with van der Waals surface area (Å²) in [5.41, 5.74) is 22.3. The molecule has 0 aromatic heterocycles. The number of carbonyl (C=O) groups is 4. The molecule has 1 atom stereocenters. The summed E-state index contributed by atoms with van der Waals surface area (Å²) in [6.45, 7) is 3.65. The second kappa shape index (κ2) is 22.0. The minimum Gasteiger partial charge on any atom is -0.370 e. The number of rotatable bonds is 17. The lowest BCUT2D eigenvalue weighted by Crippen LogP contribution is -2.49. The molecule has 1 aromatic rings. The second-order valence-electron chi connectivity index (χ2n) is 8.16. The number of nitrogens with two attached hydrogens (primary N) is 4. The maximum absolute atomic E-state index is 12.5. The number of carbonyl (C=O) groups excluding carboxylic acids is 4. The number of guanidine groups is 2. The fourth-order valence-corrected chi connectivity index (χ4v) is 3.04. The quantitative estimate of drug-likeness (QED) is 0.0330. The van der Waals surface area contributed by atoms with Crippen LogP contribution in [0.3, 0.4) is 0 Å². The Morgan fingerprint density at radius 1 is 0.949 bits per heavy atom. The van der Waals surface area contributed by atoms with Gasteiger partial charge in [-0.15, -0.1) is 0 Å². The van der Waals surface area contributed by atoms with Crippen LogP contribution in [0.5, 0.6) is 0 Å². The monoisotopic (exact) mass is 566 g/mol. The Morgan fingerprint density at radius 3 is 2.10 bits per heavy atom. The third-order valence-corrected chi connectivity index (χ3v) is 4.97. The van der Waals surface area contributed by atoms with Crippen molar-refractivity contribution in [1.29, 1.82) is 0 Å². The van der Waals surface area contributed by atoms with Crippen molar-refractivity contribution in [2.75, 3.05) is 31.9 Å². The normalized spacial score (nSPS) is 10.5. The zero-order chi connectivity index (χ0) is 29.5. The lowest BCUT2D eigenvalue weighted by molar-refractivity contribution is -0.130. The van der Waals surface area contributed by atoms with Crippen LogP contribution in [0, 0.1) is 0 Å². The average Bonchev–Trinajstić information content (AvgIpc) is 2.90. The van der Waals surface area contributed by atoms with E-state index in [0.29, 0.717) is 44.6 Å². The van der Waals surface area contributed by atoms with Crippen LogP contribution in [0.15, 0.2) is 34.3 Å². The van der Waals surface area contributed by atoms with E-state index >= 15 is 0 Å². The maximum Gasteiger partial charge on any atom is 0.243 e. The number of nitrogens with one attached hydrogen (secondary N) is 4. The van der Waals surface area contributed by atoms with Crippen molar-refractivity contribution in [3.63, 3.8) is 0 Å². The summed E-state index contributed by atoms with van der Waals surface area (Å²) in [4.78, 5) is 54.7. The van der Waals surface area contributed by atoms with E-state index in [0.717, 1.165) is 24.1 Å². The first kappa shape index (κ1) is 35.0. The van der Waals surface area contributed by atoms with Gasteiger partial charge in [0.15, 0.2) is 11.9 Å². The molecule has 0 fully saturated rings. The Kier molecular flexibility index (Phi) is 19.8. The van der Waals surface area contributed by atoms with Gasteiger partial charge in [0.25, 0.3) is 0 Å². The second-order valence-corrected chi connectivity index (χ2v) is 8.61. The highest BCUT2D eigenvalue weighted by Crippen LogP contribution is 2.06. The van der Waals surface area contributed by atoms with Crippen LogP contribution in [0.2, 0.25) is 0 Å². The van der Waals surface area contributed by atoms with Gasteiger partial charge in [-0.05, 0) is 30.4 Å². The van der Waals surface area contributed by atoms with Gasteiger partial charge in [0.1, 0.15) is 6.04 Å². The molecule has 4 amide bonds. The molecular formula is C24H42N10O4S. The molecule has 0 aliphatic carbocycles. The molecule has 1 unspecified atom stereocenters. The predicted octanol–water partition coefficient (Wildman–Crippen LogP) is -2.15. The van der Waals surface area contributed by atoms with Crippen LogP contribution < -0.4 is 44.2 Å². The fourth-order valence-electron chi connectivity index (χ4n) is 2.93. The summed E-state index contributed by atoms with van der Waals surface area (Å²) in [7, 11) is 0. The van der Waals surface area contributed by atoms with E-state index in [-0.39, 0.29) is 36.7 Å². The van der Waals surface area contributed by atoms with E-state index in [1.165, 1.54) is 0 Å². The number of aliphatic imine (C=N–C) groups is 2. The van der Waals surface area contributed by atoms with Crippen molar-refractivity contribution < 1.29 is 19.2 Å². The van der Waals surface area contributed by atoms with Gasteiger partial charge in [-0.1, -0.05) is 31.2 Å². The highest BCUT2D eigenvalue weighted by Gasteiger charge is 2.21. The Bertz CT molecular complexity index is 933. The summed E-state index contributed by atoms with van der Waals surface area (Å²) in [6.07, 6.45) is 2.44. The summed E-state index contributed by atoms with van der Waals surface area (Å²) in [5, 5.41) is 10.4. The van der Waals surface area contributed by atoms with Crippen molar-refractivity contribution in [3.8, 4) is 0 Å². The van der Waals surface area contributed by atoms with Gasteiger partial charge in [0.05, 0.1) is 13.0 Å². The van der Waals surface area contributed by atoms with E-state index in [9.17, 15) is 19.2 Å². The van der Waals surface area contributed by atoms with E-state index in [1.54, 1.807) is 12.1 Å². The lowest BCUT2D eigenvalue weighted by atomic mass is 10.1. The van der Waals surface area contributed by atoms with E-state index in [1.807, 2.05) is 19.1 Å². The van der Waals surface area contributed by atoms with Crippen LogP contribution in [0.25, 0.3) is 0 Å². The van der Waals surface area contributed by atoms with Crippen LogP contribution in [0.4, 0.5) is 0 Å². The Labute approximate surface area is 234 Å². The molecule has 1 aromatic carbocycles. The molecule has 0 spiro atoms. The van der Waals surface area contributed by atoms with Crippen molar-refractivity contribution in [1.82, 2.24) is 21.3 Å². The molecule has 0 saturated carbocycles. The standard InChI is InChI=1S/C20H31N7O4S.C4H11N3/c21-20(22)25-7-1-2-16(19(31)26-12-18(30)24-8-9-32)27-17(29)10-14-3-5-15(6-4-14)11-23-13-28;1-2-3-7-4(5)6/h3-6,13,16,32H,1-2,7-12H2,(H,23,28)(H,24,30)(H,26,31)(H,27,29)(H4,21,22,25);2-3H2,1H3,(H4,5,6,7). The largest absolute Gasteiger partial charge is 0.370 e. The first-order valence-electron chi connectivity index (χ1n) is 12.4. The van der Waals surface area contributed by atoms with E-state index in [4.69, 9.17) is 22.9 Å². The first-order chi connectivity index (χ1) is 18.6. The molecule has 39 heavy (non-hydrogen) atoms. The molecule has 15 heteroatoms. The van der Waals surface area contributed by atoms with Gasteiger partial charge in [-0.25, -0.2) is 0 Å². The highest BCUT2D eigenvalue weighted by atomic mass is 32.1. The van der Waals surface area contributed by atoms with Gasteiger partial charge < -0.3 is 44.2 Å². The van der Waals surface area contributed by atoms with Crippen LogP contribution in [0.1, 0.15) is 37.3 Å². The Morgan fingerprint density at radius 2 is 1.56 bits per heavy atom. The first-order valence-corrected chi connectivity index (χ1v) is 13.1. The zero-order valence-electron chi connectivity index (χ0n) is 22.3. The molecule has 0 bridgehead atoms. The third-order valence-electron chi connectivity index (χ3n) is 4.75. The molecule has 0 aliphatic heterocycles. The topological polar surface area (TPSA) is 245 Å². The predicted molar refractivity (Wildman–Crippen MR) is 156 cm³/mol. The van der Waals surface area contributed by atoms with Gasteiger partial charge in [0.2, 0.25) is 24.1 Å². The minimum atomic E-state index is -0.842. The molecule has 0 heterocycles. The van der Waals surface area contributed by atoms with Crippen LogP contribution >= 0.6 is 12.6 Å². The van der Waals surface area contributed by atoms with Crippen LogP contribution in [-0.4, -0.2) is 74.0 Å². The Hall–Kier alpha value is -4.01. The molecule has 0 radical (unpaired) electrons. The number of thiol groups is 1. The molecule has 0 aliphatic rings. The number of nitrogens with zero attached hydrogens (tertiary/aromatic N) is 2. The lowest BCUT2D eigenvalue weighted by Gasteiger charge is -2.18.